The van der Waals surface area contributed by atoms with Gasteiger partial charge in [-0.2, -0.15) is 4.98 Å². The molecule has 3 aromatic rings. The van der Waals surface area contributed by atoms with E-state index in [1.54, 1.807) is 0 Å². The van der Waals surface area contributed by atoms with E-state index in [4.69, 9.17) is 4.52 Å². The Kier molecular flexibility index (Phi) is 4.93. The van der Waals surface area contributed by atoms with Gasteiger partial charge >= 0.3 is 0 Å². The number of nitrogens with zero attached hydrogens (tertiary/aromatic N) is 4. The van der Waals surface area contributed by atoms with Crippen LogP contribution >= 0.6 is 0 Å². The molecule has 136 valence electrons. The fourth-order valence-electron chi connectivity index (χ4n) is 2.85. The third-order valence-electron chi connectivity index (χ3n) is 4.61. The van der Waals surface area contributed by atoms with Gasteiger partial charge in [0.05, 0.1) is 11.3 Å². The summed E-state index contributed by atoms with van der Waals surface area (Å²) < 4.78 is 5.48. The molecule has 0 aliphatic carbocycles. The zero-order valence-electron chi connectivity index (χ0n) is 15.9. The number of phenols is 1. The number of rotatable bonds is 5. The highest BCUT2D eigenvalue weighted by molar-refractivity contribution is 5.65. The smallest absolute Gasteiger partial charge is 0.260 e. The summed E-state index contributed by atoms with van der Waals surface area (Å²) >= 11 is 0. The summed E-state index contributed by atoms with van der Waals surface area (Å²) in [6.07, 6.45) is 0.737. The second kappa shape index (κ2) is 7.15. The molecular weight excluding hydrogens is 328 g/mol. The van der Waals surface area contributed by atoms with Crippen molar-refractivity contribution >= 4 is 5.82 Å². The van der Waals surface area contributed by atoms with Crippen LogP contribution in [0.1, 0.15) is 30.7 Å². The van der Waals surface area contributed by atoms with E-state index >= 15 is 0 Å². The molecule has 0 saturated carbocycles. The van der Waals surface area contributed by atoms with Crippen molar-refractivity contribution in [3.05, 3.63) is 41.1 Å². The van der Waals surface area contributed by atoms with E-state index < -0.39 is 0 Å². The molecule has 3 rings (SSSR count). The maximum absolute atomic E-state index is 10.1. The second-order valence-electron chi connectivity index (χ2n) is 6.39. The summed E-state index contributed by atoms with van der Waals surface area (Å²) in [5.74, 6) is 2.19. The zero-order valence-corrected chi connectivity index (χ0v) is 15.9. The summed E-state index contributed by atoms with van der Waals surface area (Å²) in [7, 11) is 2.00. The highest BCUT2D eigenvalue weighted by Gasteiger charge is 2.16. The minimum atomic E-state index is 0.329. The number of aryl methyl sites for hydroxylation is 3. The average Bonchev–Trinajstić information content (AvgIpc) is 3.12. The molecule has 6 heteroatoms. The summed E-state index contributed by atoms with van der Waals surface area (Å²) in [4.78, 5) is 11.2. The van der Waals surface area contributed by atoms with Crippen molar-refractivity contribution in [3.8, 4) is 28.6 Å². The quantitative estimate of drug-likeness (QED) is 0.744. The lowest BCUT2D eigenvalue weighted by atomic mass is 10.0. The fourth-order valence-corrected chi connectivity index (χ4v) is 2.85. The van der Waals surface area contributed by atoms with E-state index in [0.29, 0.717) is 17.5 Å². The summed E-state index contributed by atoms with van der Waals surface area (Å²) in [5.41, 5.74) is 4.17. The highest BCUT2D eigenvalue weighted by Crippen LogP contribution is 2.30. The van der Waals surface area contributed by atoms with Crippen molar-refractivity contribution in [2.75, 3.05) is 18.5 Å². The molecule has 0 amide bonds. The lowest BCUT2D eigenvalue weighted by Gasteiger charge is -2.16. The topological polar surface area (TPSA) is 75.3 Å². The molecule has 2 heterocycles. The fraction of sp³-hybridized carbons (Fsp3) is 0.350. The monoisotopic (exact) mass is 352 g/mol. The van der Waals surface area contributed by atoms with Gasteiger partial charge in [-0.1, -0.05) is 12.1 Å². The summed E-state index contributed by atoms with van der Waals surface area (Å²) in [5, 5.41) is 14.2. The molecule has 1 N–H and O–H groups in total. The Labute approximate surface area is 153 Å². The van der Waals surface area contributed by atoms with Gasteiger partial charge in [0.15, 0.2) is 0 Å². The molecule has 0 saturated heterocycles. The summed E-state index contributed by atoms with van der Waals surface area (Å²) in [6, 6.07) is 7.69. The van der Waals surface area contributed by atoms with Crippen LogP contribution in [0.15, 0.2) is 28.8 Å². The first-order valence-electron chi connectivity index (χ1n) is 8.80. The van der Waals surface area contributed by atoms with Crippen LogP contribution in [0.5, 0.6) is 5.75 Å². The van der Waals surface area contributed by atoms with Gasteiger partial charge in [0.2, 0.25) is 5.82 Å². The van der Waals surface area contributed by atoms with Crippen LogP contribution in [-0.4, -0.2) is 33.8 Å². The molecule has 0 aliphatic rings. The van der Waals surface area contributed by atoms with Gasteiger partial charge in [0, 0.05) is 19.2 Å². The average molecular weight is 352 g/mol. The number of benzene rings is 1. The van der Waals surface area contributed by atoms with Crippen LogP contribution in [0, 0.1) is 13.8 Å². The van der Waals surface area contributed by atoms with Crippen molar-refractivity contribution < 1.29 is 9.63 Å². The van der Waals surface area contributed by atoms with Crippen molar-refractivity contribution in [2.45, 2.75) is 34.1 Å². The molecule has 0 bridgehead atoms. The van der Waals surface area contributed by atoms with Gasteiger partial charge in [-0.15, -0.1) is 0 Å². The Balaban J connectivity index is 1.97. The summed E-state index contributed by atoms with van der Waals surface area (Å²) in [6.45, 7) is 8.78. The molecule has 1 aromatic carbocycles. The van der Waals surface area contributed by atoms with Crippen molar-refractivity contribution in [2.24, 2.45) is 0 Å². The Hall–Kier alpha value is -2.89. The Morgan fingerprint density at radius 1 is 1.12 bits per heavy atom. The normalized spacial score (nSPS) is 11.0. The van der Waals surface area contributed by atoms with Gasteiger partial charge in [-0.3, -0.25) is 0 Å². The van der Waals surface area contributed by atoms with Crippen LogP contribution in [0.2, 0.25) is 0 Å². The third-order valence-corrected chi connectivity index (χ3v) is 4.61. The van der Waals surface area contributed by atoms with Crippen LogP contribution in [0.4, 0.5) is 5.82 Å². The van der Waals surface area contributed by atoms with Gasteiger partial charge in [-0.25, -0.2) is 4.98 Å². The number of pyridine rings is 1. The largest absolute Gasteiger partial charge is 0.507 e. The van der Waals surface area contributed by atoms with Gasteiger partial charge in [0.1, 0.15) is 11.6 Å². The number of anilines is 1. The van der Waals surface area contributed by atoms with Gasteiger partial charge in [-0.05, 0) is 62.6 Å². The standard InChI is InChI=1S/C20H24N4O2/c1-6-14-11-15(10-12(3)18(14)25)19-22-20(26-23-19)16-8-9-17(21-13(16)4)24(5)7-2/h8-11,25H,6-7H2,1-5H3. The number of phenolic OH excluding ortho intramolecular Hbond substituents is 1. The molecule has 0 aliphatic heterocycles. The Morgan fingerprint density at radius 3 is 2.54 bits per heavy atom. The van der Waals surface area contributed by atoms with E-state index in [2.05, 4.69) is 26.9 Å². The van der Waals surface area contributed by atoms with E-state index in [9.17, 15) is 5.11 Å². The van der Waals surface area contributed by atoms with E-state index in [0.717, 1.165) is 46.7 Å². The number of hydrogen-bond acceptors (Lipinski definition) is 6. The maximum atomic E-state index is 10.1. The van der Waals surface area contributed by atoms with Crippen LogP contribution in [0.3, 0.4) is 0 Å². The molecule has 0 unspecified atom stereocenters. The molecular formula is C20H24N4O2. The molecule has 26 heavy (non-hydrogen) atoms. The van der Waals surface area contributed by atoms with E-state index in [1.165, 1.54) is 0 Å². The first-order chi connectivity index (χ1) is 12.4. The van der Waals surface area contributed by atoms with E-state index in [1.807, 2.05) is 52.1 Å². The third kappa shape index (κ3) is 3.27. The minimum absolute atomic E-state index is 0.329. The molecule has 0 fully saturated rings. The molecule has 0 spiro atoms. The second-order valence-corrected chi connectivity index (χ2v) is 6.39. The zero-order chi connectivity index (χ0) is 18.8. The SMILES string of the molecule is CCc1cc(-c2noc(-c3ccc(N(C)CC)nc3C)n2)cc(C)c1O. The van der Waals surface area contributed by atoms with Crippen LogP contribution < -0.4 is 4.90 Å². The first kappa shape index (κ1) is 17.9. The lowest BCUT2D eigenvalue weighted by Crippen LogP contribution is -2.17. The maximum Gasteiger partial charge on any atom is 0.260 e. The first-order valence-corrected chi connectivity index (χ1v) is 8.80. The molecule has 6 nitrogen and oxygen atoms in total. The minimum Gasteiger partial charge on any atom is -0.507 e. The molecule has 0 atom stereocenters. The number of hydrogen-bond donors (Lipinski definition) is 1. The van der Waals surface area contributed by atoms with Crippen LogP contribution in [-0.2, 0) is 6.42 Å². The molecule has 0 radical (unpaired) electrons. The van der Waals surface area contributed by atoms with Crippen molar-refractivity contribution in [1.29, 1.82) is 0 Å². The Bertz CT molecular complexity index is 934. The van der Waals surface area contributed by atoms with Crippen LogP contribution in [0.25, 0.3) is 22.8 Å². The predicted molar refractivity (Wildman–Crippen MR) is 102 cm³/mol. The van der Waals surface area contributed by atoms with Crippen molar-refractivity contribution in [1.82, 2.24) is 15.1 Å². The lowest BCUT2D eigenvalue weighted by molar-refractivity contribution is 0.432. The predicted octanol–water partition coefficient (Wildman–Crippen LogP) is 4.14. The van der Waals surface area contributed by atoms with E-state index in [-0.39, 0.29) is 0 Å². The number of aromatic nitrogens is 3. The Morgan fingerprint density at radius 2 is 1.88 bits per heavy atom. The van der Waals surface area contributed by atoms with Gasteiger partial charge < -0.3 is 14.5 Å². The highest BCUT2D eigenvalue weighted by atomic mass is 16.5. The van der Waals surface area contributed by atoms with Crippen molar-refractivity contribution in [3.63, 3.8) is 0 Å². The molecule has 2 aromatic heterocycles. The number of aromatic hydroxyl groups is 1. The van der Waals surface area contributed by atoms with Gasteiger partial charge in [0.25, 0.3) is 5.89 Å².